The number of amides is 3. The summed E-state index contributed by atoms with van der Waals surface area (Å²) in [4.78, 5) is 170. The summed E-state index contributed by atoms with van der Waals surface area (Å²) in [5.41, 5.74) is 16.6. The average Bonchev–Trinajstić information content (AvgIpc) is 3.30. The van der Waals surface area contributed by atoms with Crippen LogP contribution >= 0.6 is 12.6 Å². The summed E-state index contributed by atoms with van der Waals surface area (Å²) in [6.45, 7) is -0.0205. The molecule has 0 fully saturated rings. The predicted octanol–water partition coefficient (Wildman–Crippen LogP) is -1.94. The largest absolute Gasteiger partial charge is 0.481 e. The van der Waals surface area contributed by atoms with Crippen molar-refractivity contribution >= 4 is 106 Å². The number of nitrogens with one attached hydrogen (secondary N) is 5. The van der Waals surface area contributed by atoms with Crippen LogP contribution in [0.5, 0.6) is 0 Å². The Morgan fingerprint density at radius 1 is 0.685 bits per heavy atom. The number of carboxylic acids is 5. The molecule has 0 unspecified atom stereocenters. The van der Waals surface area contributed by atoms with Crippen molar-refractivity contribution in [1.29, 1.82) is 0 Å². The van der Waals surface area contributed by atoms with Gasteiger partial charge in [0.2, 0.25) is 17.8 Å². The molecule has 2 aromatic heterocycles. The SMILES string of the molecule is NC(N)=NCCC[C@H](NC(=O)[C@H](CC(=O)O)CC(=O)CC[C@H](NC(=O)c1ccc(NCc2cnc3nc(N)[nH]c(=O)c3n2)cc1)C(=O)O)C(=O)C[C@@H](CC(=O)O)C(=O)N[C@H](CC(=O)O)C(=O)C[C@H](CS)C(=O)O. The minimum atomic E-state index is -1.85. The van der Waals surface area contributed by atoms with Gasteiger partial charge in [0.1, 0.15) is 11.8 Å². The second-order valence-electron chi connectivity index (χ2n) is 16.4. The highest BCUT2D eigenvalue weighted by molar-refractivity contribution is 7.80. The summed E-state index contributed by atoms with van der Waals surface area (Å²) in [6, 6.07) is 0.620. The summed E-state index contributed by atoms with van der Waals surface area (Å²) >= 11 is 3.86. The van der Waals surface area contributed by atoms with Gasteiger partial charge in [-0.2, -0.15) is 17.6 Å². The van der Waals surface area contributed by atoms with E-state index in [1.807, 2.05) is 0 Å². The highest BCUT2D eigenvalue weighted by Crippen LogP contribution is 2.20. The van der Waals surface area contributed by atoms with E-state index in [0.717, 1.165) is 0 Å². The molecule has 2 heterocycles. The second kappa shape index (κ2) is 28.3. The number of guanidine groups is 1. The van der Waals surface area contributed by atoms with Crippen molar-refractivity contribution in [2.75, 3.05) is 23.3 Å². The summed E-state index contributed by atoms with van der Waals surface area (Å²) in [5.74, 6) is -19.6. The lowest BCUT2D eigenvalue weighted by molar-refractivity contribution is -0.145. The predicted molar refractivity (Wildman–Crippen MR) is 256 cm³/mol. The third kappa shape index (κ3) is 20.0. The fourth-order valence-electron chi connectivity index (χ4n) is 6.92. The lowest BCUT2D eigenvalue weighted by atomic mass is 9.90. The molecule has 30 heteroatoms. The Kier molecular flexibility index (Phi) is 22.8. The first kappa shape index (κ1) is 58.7. The number of carboxylic acid groups (broad SMARTS) is 5. The van der Waals surface area contributed by atoms with Crippen LogP contribution < -0.4 is 44.0 Å². The Morgan fingerprint density at radius 3 is 1.82 bits per heavy atom. The molecule has 6 atom stereocenters. The third-order valence-corrected chi connectivity index (χ3v) is 11.1. The fourth-order valence-corrected chi connectivity index (χ4v) is 7.21. The molecule has 29 nitrogen and oxygen atoms in total. The summed E-state index contributed by atoms with van der Waals surface area (Å²) in [6.07, 6.45) is -5.64. The monoisotopic (exact) mass is 1040 g/mol. The van der Waals surface area contributed by atoms with Gasteiger partial charge in [0.05, 0.1) is 67.5 Å². The van der Waals surface area contributed by atoms with Crippen molar-refractivity contribution in [3.63, 3.8) is 0 Å². The number of hydrogen-bond donors (Lipinski definition) is 14. The zero-order valence-corrected chi connectivity index (χ0v) is 39.5. The van der Waals surface area contributed by atoms with Crippen molar-refractivity contribution in [2.24, 2.45) is 34.2 Å². The molecule has 394 valence electrons. The van der Waals surface area contributed by atoms with E-state index in [0.29, 0.717) is 11.4 Å². The summed E-state index contributed by atoms with van der Waals surface area (Å²) in [5, 5.41) is 57.6. The molecule has 0 aliphatic heterocycles. The number of aromatic amines is 1. The topological polar surface area (TPSA) is 499 Å². The number of hydrogen-bond acceptors (Lipinski definition) is 19. The number of carbonyl (C=O) groups excluding carboxylic acids is 6. The lowest BCUT2D eigenvalue weighted by Crippen LogP contribution is -2.48. The quantitative estimate of drug-likeness (QED) is 0.0137. The zero-order chi connectivity index (χ0) is 54.5. The van der Waals surface area contributed by atoms with Gasteiger partial charge in [-0.05, 0) is 43.5 Å². The first-order valence-electron chi connectivity index (χ1n) is 22.0. The number of fused-ring (bicyclic) bond motifs is 1. The number of carbonyl (C=O) groups is 11. The molecule has 3 amide bonds. The minimum absolute atomic E-state index is 0.0207. The van der Waals surface area contributed by atoms with Crippen LogP contribution in [-0.2, 0) is 54.5 Å². The second-order valence-corrected chi connectivity index (χ2v) is 16.7. The van der Waals surface area contributed by atoms with E-state index in [4.69, 9.17) is 17.2 Å². The third-order valence-electron chi connectivity index (χ3n) is 10.7. The maximum Gasteiger partial charge on any atom is 0.326 e. The summed E-state index contributed by atoms with van der Waals surface area (Å²) in [7, 11) is 0. The van der Waals surface area contributed by atoms with E-state index >= 15 is 0 Å². The average molecular weight is 1040 g/mol. The molecule has 0 saturated carbocycles. The van der Waals surface area contributed by atoms with Crippen LogP contribution in [0.2, 0.25) is 0 Å². The molecule has 73 heavy (non-hydrogen) atoms. The van der Waals surface area contributed by atoms with Gasteiger partial charge in [-0.3, -0.25) is 62.7 Å². The zero-order valence-electron chi connectivity index (χ0n) is 38.6. The number of nitrogens with two attached hydrogens (primary N) is 3. The molecular weight excluding hydrogens is 989 g/mol. The Balaban J connectivity index is 1.71. The van der Waals surface area contributed by atoms with Gasteiger partial charge in [0.25, 0.3) is 11.5 Å². The van der Waals surface area contributed by atoms with Crippen molar-refractivity contribution in [2.45, 2.75) is 88.9 Å². The Hall–Kier alpha value is -8.57. The number of aliphatic imine (C=N–C) groups is 1. The fraction of sp³-hybridized carbons (Fsp3) is 0.442. The van der Waals surface area contributed by atoms with Crippen LogP contribution in [0, 0.1) is 17.8 Å². The number of nitrogens with zero attached hydrogens (tertiary/aromatic N) is 4. The first-order chi connectivity index (χ1) is 34.4. The van der Waals surface area contributed by atoms with Crippen LogP contribution in [0.1, 0.15) is 80.3 Å². The highest BCUT2D eigenvalue weighted by Gasteiger charge is 2.35. The number of benzene rings is 1. The van der Waals surface area contributed by atoms with Crippen molar-refractivity contribution in [1.82, 2.24) is 35.9 Å². The lowest BCUT2D eigenvalue weighted by Gasteiger charge is -2.24. The number of thiol groups is 1. The molecule has 0 radical (unpaired) electrons. The van der Waals surface area contributed by atoms with Gasteiger partial charge >= 0.3 is 29.8 Å². The van der Waals surface area contributed by atoms with Crippen LogP contribution in [0.4, 0.5) is 11.6 Å². The van der Waals surface area contributed by atoms with Crippen LogP contribution in [-0.4, -0.2) is 147 Å². The first-order valence-corrected chi connectivity index (χ1v) is 22.6. The van der Waals surface area contributed by atoms with Gasteiger partial charge in [-0.25, -0.2) is 14.8 Å². The van der Waals surface area contributed by atoms with E-state index < -0.39 is 158 Å². The van der Waals surface area contributed by atoms with Crippen molar-refractivity contribution in [3.8, 4) is 0 Å². The number of H-pyrrole nitrogens is 1. The smallest absolute Gasteiger partial charge is 0.326 e. The van der Waals surface area contributed by atoms with Crippen LogP contribution in [0.3, 0.4) is 0 Å². The van der Waals surface area contributed by atoms with Gasteiger partial charge in [-0.15, -0.1) is 0 Å². The number of Topliss-reactive ketones (excluding diaryl/α,β-unsaturated/α-hetero) is 3. The standard InChI is InChI=1S/C43H54N12O17S/c44-42(45)47-9-1-2-26(29(57)11-21(14-32(61)62)38(67)53-28(15-33(63)64)30(58)12-22(18-73)40(69)70)51-37(66)20(13-31(59)60)10-25(56)7-8-27(41(71)72)52-36(65)19-3-5-23(6-4-19)48-16-24-17-49-35-34(50-24)39(68)55-43(46)54-35/h3-6,17,20-22,26-28,48,73H,1-2,7-16,18H2,(H,51,66)(H,52,65)(H,53,67)(H,59,60)(H,61,62)(H,63,64)(H,69,70)(H,71,72)(H4,44,45,47)(H3,46,49,54,55,68)/t20-,21-,22+,26-,27-,28+/m0/s1. The van der Waals surface area contributed by atoms with E-state index in [9.17, 15) is 83.1 Å². The van der Waals surface area contributed by atoms with Crippen LogP contribution in [0.25, 0.3) is 11.2 Å². The highest BCUT2D eigenvalue weighted by atomic mass is 32.1. The number of anilines is 2. The van der Waals surface area contributed by atoms with Gasteiger partial charge < -0.3 is 64.0 Å². The maximum absolute atomic E-state index is 13.8. The molecular formula is C43H54N12O17S. The molecule has 0 aliphatic rings. The van der Waals surface area contributed by atoms with Gasteiger partial charge in [-0.1, -0.05) is 0 Å². The molecule has 1 aromatic carbocycles. The molecule has 0 aliphatic carbocycles. The maximum atomic E-state index is 13.8. The number of rotatable bonds is 33. The van der Waals surface area contributed by atoms with E-state index in [-0.39, 0.29) is 60.3 Å². The number of aliphatic carboxylic acids is 5. The van der Waals surface area contributed by atoms with Crippen LogP contribution in [0.15, 0.2) is 40.2 Å². The molecule has 3 aromatic rings. The number of ketones is 3. The number of aromatic nitrogens is 4. The normalized spacial score (nSPS) is 13.4. The van der Waals surface area contributed by atoms with Gasteiger partial charge in [0, 0.05) is 49.2 Å². The van der Waals surface area contributed by atoms with E-state index in [1.165, 1.54) is 30.5 Å². The van der Waals surface area contributed by atoms with Crippen molar-refractivity contribution in [3.05, 3.63) is 52.1 Å². The van der Waals surface area contributed by atoms with Crippen molar-refractivity contribution < 1.29 is 78.3 Å². The minimum Gasteiger partial charge on any atom is -0.481 e. The molecule has 0 spiro atoms. The molecule has 16 N–H and O–H groups in total. The summed E-state index contributed by atoms with van der Waals surface area (Å²) < 4.78 is 0. The Labute approximate surface area is 418 Å². The van der Waals surface area contributed by atoms with Gasteiger partial charge in [0.15, 0.2) is 28.7 Å². The van der Waals surface area contributed by atoms with E-state index in [2.05, 4.69) is 58.8 Å². The van der Waals surface area contributed by atoms with E-state index in [1.54, 1.807) is 0 Å². The number of nitrogen functional groups attached to an aromatic ring is 1. The molecule has 0 saturated heterocycles. The molecule has 0 bridgehead atoms. The Bertz CT molecular complexity index is 2660. The molecule has 3 rings (SSSR count). The Morgan fingerprint density at radius 2 is 1.26 bits per heavy atom.